The van der Waals surface area contributed by atoms with Crippen LogP contribution in [-0.4, -0.2) is 17.3 Å². The Morgan fingerprint density at radius 3 is 2.50 bits per heavy atom. The van der Waals surface area contributed by atoms with Gasteiger partial charge in [0, 0.05) is 18.4 Å². The Bertz CT molecular complexity index is 634. The van der Waals surface area contributed by atoms with Crippen LogP contribution >= 0.6 is 23.8 Å². The molecule has 0 bridgehead atoms. The van der Waals surface area contributed by atoms with Gasteiger partial charge < -0.3 is 15.3 Å². The van der Waals surface area contributed by atoms with E-state index in [-0.39, 0.29) is 10.8 Å². The average Bonchev–Trinajstić information content (AvgIpc) is 2.43. The maximum absolute atomic E-state index is 13.1. The van der Waals surface area contributed by atoms with Gasteiger partial charge in [0.1, 0.15) is 11.6 Å². The van der Waals surface area contributed by atoms with E-state index in [4.69, 9.17) is 23.8 Å². The Hall–Kier alpha value is -1.85. The van der Waals surface area contributed by atoms with Crippen molar-refractivity contribution in [1.82, 2.24) is 0 Å². The van der Waals surface area contributed by atoms with E-state index in [1.807, 2.05) is 0 Å². The van der Waals surface area contributed by atoms with Crippen molar-refractivity contribution in [3.8, 4) is 5.75 Å². The van der Waals surface area contributed by atoms with E-state index in [0.29, 0.717) is 10.8 Å². The highest BCUT2D eigenvalue weighted by Gasteiger charge is 2.08. The molecule has 0 saturated carbocycles. The van der Waals surface area contributed by atoms with Crippen molar-refractivity contribution in [3.63, 3.8) is 0 Å². The van der Waals surface area contributed by atoms with E-state index >= 15 is 0 Å². The molecule has 3 nitrogen and oxygen atoms in total. The molecule has 0 aromatic heterocycles. The summed E-state index contributed by atoms with van der Waals surface area (Å²) in [6.07, 6.45) is 0. The molecule has 0 fully saturated rings. The number of phenols is 1. The predicted molar refractivity (Wildman–Crippen MR) is 84.1 cm³/mol. The van der Waals surface area contributed by atoms with Gasteiger partial charge in [-0.2, -0.15) is 0 Å². The summed E-state index contributed by atoms with van der Waals surface area (Å²) in [6, 6.07) is 10.9. The standard InChI is InChI=1S/C14H12ClFN2OS/c1-18(10-3-5-11(19)6-4-10)14(20)17-9-2-7-13(16)12(15)8-9/h2-8,19H,1H3,(H,17,20). The molecular weight excluding hydrogens is 299 g/mol. The number of thiocarbonyl (C=S) groups is 1. The van der Waals surface area contributed by atoms with Gasteiger partial charge in [0.2, 0.25) is 0 Å². The zero-order chi connectivity index (χ0) is 14.7. The number of hydrogen-bond donors (Lipinski definition) is 2. The number of phenolic OH excluding ortho intramolecular Hbond substituents is 1. The molecule has 0 radical (unpaired) electrons. The molecule has 0 aliphatic heterocycles. The first kappa shape index (κ1) is 14.6. The molecule has 2 rings (SSSR count). The summed E-state index contributed by atoms with van der Waals surface area (Å²) in [5.41, 5.74) is 1.42. The molecule has 2 aromatic rings. The van der Waals surface area contributed by atoms with Crippen molar-refractivity contribution < 1.29 is 9.50 Å². The molecule has 0 aliphatic rings. The molecule has 0 heterocycles. The molecule has 0 spiro atoms. The summed E-state index contributed by atoms with van der Waals surface area (Å²) in [4.78, 5) is 1.73. The monoisotopic (exact) mass is 310 g/mol. The van der Waals surface area contributed by atoms with E-state index in [2.05, 4.69) is 5.32 Å². The predicted octanol–water partition coefficient (Wildman–Crippen LogP) is 4.02. The zero-order valence-electron chi connectivity index (χ0n) is 10.6. The van der Waals surface area contributed by atoms with Gasteiger partial charge in [-0.05, 0) is 54.7 Å². The van der Waals surface area contributed by atoms with Gasteiger partial charge in [-0.3, -0.25) is 0 Å². The van der Waals surface area contributed by atoms with Crippen LogP contribution in [0.1, 0.15) is 0 Å². The first-order valence-electron chi connectivity index (χ1n) is 5.76. The zero-order valence-corrected chi connectivity index (χ0v) is 12.2. The number of nitrogens with zero attached hydrogens (tertiary/aromatic N) is 1. The summed E-state index contributed by atoms with van der Waals surface area (Å²) in [7, 11) is 1.78. The summed E-state index contributed by atoms with van der Waals surface area (Å²) >= 11 is 11.0. The summed E-state index contributed by atoms with van der Waals surface area (Å²) in [6.45, 7) is 0. The molecular formula is C14H12ClFN2OS. The maximum Gasteiger partial charge on any atom is 0.177 e. The van der Waals surface area contributed by atoms with Crippen LogP contribution in [0.15, 0.2) is 42.5 Å². The van der Waals surface area contributed by atoms with Gasteiger partial charge >= 0.3 is 0 Å². The molecule has 20 heavy (non-hydrogen) atoms. The van der Waals surface area contributed by atoms with E-state index in [1.54, 1.807) is 42.3 Å². The van der Waals surface area contributed by atoms with Gasteiger partial charge in [-0.25, -0.2) is 4.39 Å². The van der Waals surface area contributed by atoms with Crippen molar-refractivity contribution >= 4 is 40.3 Å². The Labute approximate surface area is 126 Å². The lowest BCUT2D eigenvalue weighted by Crippen LogP contribution is -2.30. The van der Waals surface area contributed by atoms with E-state index in [9.17, 15) is 9.50 Å². The highest BCUT2D eigenvalue weighted by molar-refractivity contribution is 7.80. The van der Waals surface area contributed by atoms with Crippen molar-refractivity contribution in [2.45, 2.75) is 0 Å². The minimum absolute atomic E-state index is 0.0325. The van der Waals surface area contributed by atoms with Crippen molar-refractivity contribution in [3.05, 3.63) is 53.3 Å². The highest BCUT2D eigenvalue weighted by atomic mass is 35.5. The lowest BCUT2D eigenvalue weighted by Gasteiger charge is -2.21. The van der Waals surface area contributed by atoms with Gasteiger partial charge in [0.15, 0.2) is 5.11 Å². The first-order chi connectivity index (χ1) is 9.47. The molecule has 0 atom stereocenters. The van der Waals surface area contributed by atoms with Crippen LogP contribution in [0.3, 0.4) is 0 Å². The number of aromatic hydroxyl groups is 1. The van der Waals surface area contributed by atoms with Gasteiger partial charge in [-0.1, -0.05) is 11.6 Å². The lowest BCUT2D eigenvalue weighted by molar-refractivity contribution is 0.475. The Morgan fingerprint density at radius 2 is 1.90 bits per heavy atom. The van der Waals surface area contributed by atoms with Crippen LogP contribution in [0.4, 0.5) is 15.8 Å². The van der Waals surface area contributed by atoms with Gasteiger partial charge in [0.05, 0.1) is 5.02 Å². The van der Waals surface area contributed by atoms with Crippen LogP contribution in [-0.2, 0) is 0 Å². The second-order valence-electron chi connectivity index (χ2n) is 4.13. The Morgan fingerprint density at radius 1 is 1.25 bits per heavy atom. The summed E-state index contributed by atoms with van der Waals surface area (Å²) < 4.78 is 13.1. The van der Waals surface area contributed by atoms with Crippen LogP contribution in [0.2, 0.25) is 5.02 Å². The van der Waals surface area contributed by atoms with Crippen LogP contribution in [0.25, 0.3) is 0 Å². The second-order valence-corrected chi connectivity index (χ2v) is 4.93. The normalized spacial score (nSPS) is 10.2. The maximum atomic E-state index is 13.1. The third-order valence-electron chi connectivity index (χ3n) is 2.71. The first-order valence-corrected chi connectivity index (χ1v) is 6.55. The third-order valence-corrected chi connectivity index (χ3v) is 3.38. The topological polar surface area (TPSA) is 35.5 Å². The second kappa shape index (κ2) is 6.07. The van der Waals surface area contributed by atoms with Crippen LogP contribution in [0, 0.1) is 5.82 Å². The molecule has 0 saturated heterocycles. The highest BCUT2D eigenvalue weighted by Crippen LogP contribution is 2.21. The number of rotatable bonds is 2. The minimum Gasteiger partial charge on any atom is -0.508 e. The SMILES string of the molecule is CN(C(=S)Nc1ccc(F)c(Cl)c1)c1ccc(O)cc1. The number of nitrogens with one attached hydrogen (secondary N) is 1. The van der Waals surface area contributed by atoms with Crippen molar-refractivity contribution in [2.75, 3.05) is 17.3 Å². The molecule has 2 aromatic carbocycles. The van der Waals surface area contributed by atoms with E-state index in [0.717, 1.165) is 5.69 Å². The van der Waals surface area contributed by atoms with Crippen LogP contribution in [0.5, 0.6) is 5.75 Å². The Kier molecular flexibility index (Phi) is 4.42. The molecule has 0 amide bonds. The number of hydrogen-bond acceptors (Lipinski definition) is 2. The third kappa shape index (κ3) is 3.37. The molecule has 0 aliphatic carbocycles. The fourth-order valence-electron chi connectivity index (χ4n) is 1.57. The number of benzene rings is 2. The average molecular weight is 311 g/mol. The van der Waals surface area contributed by atoms with Gasteiger partial charge in [-0.15, -0.1) is 0 Å². The van der Waals surface area contributed by atoms with Crippen molar-refractivity contribution in [1.29, 1.82) is 0 Å². The molecule has 6 heteroatoms. The fraction of sp³-hybridized carbons (Fsp3) is 0.0714. The largest absolute Gasteiger partial charge is 0.508 e. The van der Waals surface area contributed by atoms with Crippen molar-refractivity contribution in [2.24, 2.45) is 0 Å². The quantitative estimate of drug-likeness (QED) is 0.821. The molecule has 104 valence electrons. The number of anilines is 2. The smallest absolute Gasteiger partial charge is 0.177 e. The lowest BCUT2D eigenvalue weighted by atomic mass is 10.3. The Balaban J connectivity index is 2.11. The number of halogens is 2. The summed E-state index contributed by atoms with van der Waals surface area (Å²) in [5, 5.41) is 12.7. The van der Waals surface area contributed by atoms with E-state index < -0.39 is 5.82 Å². The molecule has 0 unspecified atom stereocenters. The fourth-order valence-corrected chi connectivity index (χ4v) is 1.98. The summed E-state index contributed by atoms with van der Waals surface area (Å²) in [5.74, 6) is -0.290. The van der Waals surface area contributed by atoms with Gasteiger partial charge in [0.25, 0.3) is 0 Å². The minimum atomic E-state index is -0.477. The van der Waals surface area contributed by atoms with E-state index in [1.165, 1.54) is 12.1 Å². The molecule has 2 N–H and O–H groups in total. The van der Waals surface area contributed by atoms with Crippen LogP contribution < -0.4 is 10.2 Å².